The summed E-state index contributed by atoms with van der Waals surface area (Å²) in [5.41, 5.74) is 1.08. The number of hydrogen-bond donors (Lipinski definition) is 2. The molecule has 8 nitrogen and oxygen atoms in total. The van der Waals surface area contributed by atoms with E-state index in [0.717, 1.165) is 31.9 Å². The van der Waals surface area contributed by atoms with Gasteiger partial charge in [-0.1, -0.05) is 30.3 Å². The van der Waals surface area contributed by atoms with Gasteiger partial charge in [-0.2, -0.15) is 0 Å². The third kappa shape index (κ3) is 6.67. The Morgan fingerprint density at radius 3 is 2.77 bits per heavy atom. The van der Waals surface area contributed by atoms with Crippen LogP contribution in [0.1, 0.15) is 35.4 Å². The Morgan fingerprint density at radius 2 is 2.03 bits per heavy atom. The smallest absolute Gasteiger partial charge is 0.251 e. The molecule has 0 spiro atoms. The fraction of sp³-hybridized carbons (Fsp3) is 0.455. The number of carbonyl (C=O) groups excluding carboxylic acids is 2. The van der Waals surface area contributed by atoms with Crippen LogP contribution in [-0.4, -0.2) is 63.9 Å². The molecule has 2 aromatic rings. The molecule has 166 valence electrons. The molecule has 0 aliphatic carbocycles. The van der Waals surface area contributed by atoms with Crippen LogP contribution in [0.25, 0.3) is 0 Å². The molecule has 2 heterocycles. The first kappa shape index (κ1) is 23.0. The molecule has 0 atom stereocenters. The highest BCUT2D eigenvalue weighted by atomic mass is 32.2. The van der Waals surface area contributed by atoms with Crippen molar-refractivity contribution in [1.29, 1.82) is 0 Å². The lowest BCUT2D eigenvalue weighted by Crippen LogP contribution is -2.32. The highest BCUT2D eigenvalue weighted by molar-refractivity contribution is 7.99. The van der Waals surface area contributed by atoms with Crippen molar-refractivity contribution >= 4 is 29.3 Å². The number of likely N-dealkylation sites (tertiary alicyclic amines) is 1. The van der Waals surface area contributed by atoms with Crippen molar-refractivity contribution in [2.75, 3.05) is 37.8 Å². The average molecular weight is 443 g/mol. The van der Waals surface area contributed by atoms with E-state index in [0.29, 0.717) is 23.0 Å². The van der Waals surface area contributed by atoms with Gasteiger partial charge in [-0.25, -0.2) is 0 Å². The van der Waals surface area contributed by atoms with Crippen LogP contribution in [0.5, 0.6) is 0 Å². The van der Waals surface area contributed by atoms with Crippen LogP contribution < -0.4 is 10.6 Å². The van der Waals surface area contributed by atoms with Gasteiger partial charge in [-0.15, -0.1) is 16.8 Å². The third-order valence-corrected chi connectivity index (χ3v) is 6.14. The summed E-state index contributed by atoms with van der Waals surface area (Å²) in [5.74, 6) is 0.764. The van der Waals surface area contributed by atoms with Crippen molar-refractivity contribution < 1.29 is 9.59 Å². The van der Waals surface area contributed by atoms with Crippen molar-refractivity contribution in [2.24, 2.45) is 0 Å². The van der Waals surface area contributed by atoms with Gasteiger partial charge in [0.15, 0.2) is 5.16 Å². The molecule has 0 saturated carbocycles. The zero-order valence-corrected chi connectivity index (χ0v) is 18.8. The van der Waals surface area contributed by atoms with Gasteiger partial charge in [0.05, 0.1) is 5.75 Å². The van der Waals surface area contributed by atoms with E-state index in [1.807, 2.05) is 10.6 Å². The lowest BCUT2D eigenvalue weighted by molar-refractivity contribution is -0.113. The van der Waals surface area contributed by atoms with Gasteiger partial charge in [0.2, 0.25) is 5.91 Å². The first-order valence-corrected chi connectivity index (χ1v) is 11.6. The summed E-state index contributed by atoms with van der Waals surface area (Å²) in [6.07, 6.45) is 6.51. The molecule has 0 radical (unpaired) electrons. The third-order valence-electron chi connectivity index (χ3n) is 5.17. The molecule has 1 aromatic heterocycles. The Kier molecular flexibility index (Phi) is 8.66. The van der Waals surface area contributed by atoms with Crippen molar-refractivity contribution in [3.63, 3.8) is 0 Å². The molecule has 1 aromatic carbocycles. The second-order valence-electron chi connectivity index (χ2n) is 7.45. The van der Waals surface area contributed by atoms with Gasteiger partial charge in [-0.05, 0) is 44.1 Å². The van der Waals surface area contributed by atoms with E-state index >= 15 is 0 Å². The number of benzene rings is 1. The number of nitrogens with one attached hydrogen (secondary N) is 2. The standard InChI is InChI=1S/C22H30N6O2S/c1-3-11-28-19(10-14-27-12-5-4-6-13-27)25-26-22(28)31-16-20(29)24-18-9-7-8-17(15-18)21(30)23-2/h3,7-9,15H,1,4-6,10-14,16H2,2H3,(H,23,30)(H,24,29). The summed E-state index contributed by atoms with van der Waals surface area (Å²) in [5, 5.41) is 14.8. The summed E-state index contributed by atoms with van der Waals surface area (Å²) in [6, 6.07) is 6.85. The molecule has 1 fully saturated rings. The van der Waals surface area contributed by atoms with Crippen LogP contribution in [0.2, 0.25) is 0 Å². The highest BCUT2D eigenvalue weighted by Crippen LogP contribution is 2.19. The SMILES string of the molecule is C=CCn1c(CCN2CCCCC2)nnc1SCC(=O)Nc1cccc(C(=O)NC)c1. The van der Waals surface area contributed by atoms with E-state index < -0.39 is 0 Å². The summed E-state index contributed by atoms with van der Waals surface area (Å²) in [6.45, 7) is 7.73. The molecule has 2 N–H and O–H groups in total. The van der Waals surface area contributed by atoms with Crippen LogP contribution in [-0.2, 0) is 17.8 Å². The Bertz CT molecular complexity index is 907. The normalized spacial score (nSPS) is 14.2. The molecular weight excluding hydrogens is 412 g/mol. The predicted octanol–water partition coefficient (Wildman–Crippen LogP) is 2.58. The van der Waals surface area contributed by atoms with E-state index in [1.54, 1.807) is 31.3 Å². The topological polar surface area (TPSA) is 92.2 Å². The van der Waals surface area contributed by atoms with E-state index in [2.05, 4.69) is 32.3 Å². The second kappa shape index (κ2) is 11.7. The molecule has 0 bridgehead atoms. The number of rotatable bonds is 10. The molecule has 1 aliphatic heterocycles. The van der Waals surface area contributed by atoms with Crippen LogP contribution in [0.3, 0.4) is 0 Å². The minimum Gasteiger partial charge on any atom is -0.355 e. The number of hydrogen-bond acceptors (Lipinski definition) is 6. The maximum Gasteiger partial charge on any atom is 0.251 e. The largest absolute Gasteiger partial charge is 0.355 e. The van der Waals surface area contributed by atoms with Gasteiger partial charge >= 0.3 is 0 Å². The molecular formula is C22H30N6O2S. The number of anilines is 1. The average Bonchev–Trinajstić information content (AvgIpc) is 3.18. The number of allylic oxidation sites excluding steroid dienone is 1. The Labute approximate surface area is 187 Å². The fourth-order valence-corrected chi connectivity index (χ4v) is 4.34. The maximum absolute atomic E-state index is 12.4. The van der Waals surface area contributed by atoms with Crippen LogP contribution in [0, 0.1) is 0 Å². The van der Waals surface area contributed by atoms with E-state index in [4.69, 9.17) is 0 Å². The lowest BCUT2D eigenvalue weighted by Gasteiger charge is -2.26. The predicted molar refractivity (Wildman–Crippen MR) is 123 cm³/mol. The molecule has 1 aliphatic rings. The van der Waals surface area contributed by atoms with Crippen molar-refractivity contribution in [1.82, 2.24) is 25.0 Å². The first-order valence-electron chi connectivity index (χ1n) is 10.6. The Morgan fingerprint density at radius 1 is 1.23 bits per heavy atom. The van der Waals surface area contributed by atoms with E-state index in [1.165, 1.54) is 31.0 Å². The van der Waals surface area contributed by atoms with Crippen LogP contribution >= 0.6 is 11.8 Å². The molecule has 2 amide bonds. The molecule has 1 saturated heterocycles. The number of carbonyl (C=O) groups is 2. The number of thioether (sulfide) groups is 1. The Balaban J connectivity index is 1.56. The van der Waals surface area contributed by atoms with E-state index in [-0.39, 0.29) is 17.6 Å². The van der Waals surface area contributed by atoms with E-state index in [9.17, 15) is 9.59 Å². The number of aromatic nitrogens is 3. The first-order chi connectivity index (χ1) is 15.1. The number of piperidine rings is 1. The summed E-state index contributed by atoms with van der Waals surface area (Å²) >= 11 is 1.35. The Hall–Kier alpha value is -2.65. The van der Waals surface area contributed by atoms with Crippen molar-refractivity contribution in [2.45, 2.75) is 37.4 Å². The summed E-state index contributed by atoms with van der Waals surface area (Å²) in [7, 11) is 1.57. The monoisotopic (exact) mass is 442 g/mol. The number of nitrogens with zero attached hydrogens (tertiary/aromatic N) is 4. The lowest BCUT2D eigenvalue weighted by atomic mass is 10.1. The van der Waals surface area contributed by atoms with Crippen LogP contribution in [0.4, 0.5) is 5.69 Å². The fourth-order valence-electron chi connectivity index (χ4n) is 3.57. The summed E-state index contributed by atoms with van der Waals surface area (Å²) < 4.78 is 2.03. The second-order valence-corrected chi connectivity index (χ2v) is 8.39. The van der Waals surface area contributed by atoms with Crippen LogP contribution in [0.15, 0.2) is 42.1 Å². The van der Waals surface area contributed by atoms with Gasteiger partial charge in [-0.3, -0.25) is 9.59 Å². The molecule has 0 unspecified atom stereocenters. The maximum atomic E-state index is 12.4. The zero-order chi connectivity index (χ0) is 22.1. The number of amides is 2. The molecule has 9 heteroatoms. The van der Waals surface area contributed by atoms with Gasteiger partial charge < -0.3 is 20.1 Å². The zero-order valence-electron chi connectivity index (χ0n) is 18.0. The highest BCUT2D eigenvalue weighted by Gasteiger charge is 2.16. The van der Waals surface area contributed by atoms with Gasteiger partial charge in [0.25, 0.3) is 5.91 Å². The summed E-state index contributed by atoms with van der Waals surface area (Å²) in [4.78, 5) is 26.7. The van der Waals surface area contributed by atoms with Gasteiger partial charge in [0, 0.05) is 37.8 Å². The minimum atomic E-state index is -0.194. The quantitative estimate of drug-likeness (QED) is 0.434. The van der Waals surface area contributed by atoms with Crippen molar-refractivity contribution in [3.05, 3.63) is 48.3 Å². The van der Waals surface area contributed by atoms with Crippen molar-refractivity contribution in [3.8, 4) is 0 Å². The van der Waals surface area contributed by atoms with Gasteiger partial charge in [0.1, 0.15) is 5.82 Å². The molecule has 3 rings (SSSR count). The molecule has 31 heavy (non-hydrogen) atoms. The minimum absolute atomic E-state index is 0.165.